The van der Waals surface area contributed by atoms with Crippen LogP contribution in [0, 0.1) is 16.7 Å². The molecule has 0 aliphatic heterocycles. The van der Waals surface area contributed by atoms with Crippen LogP contribution in [0.4, 0.5) is 0 Å². The van der Waals surface area contributed by atoms with E-state index in [-0.39, 0.29) is 12.2 Å². The second-order valence-corrected chi connectivity index (χ2v) is 9.23. The second kappa shape index (κ2) is 7.04. The van der Waals surface area contributed by atoms with Crippen LogP contribution in [-0.2, 0) is 9.47 Å². The third-order valence-corrected chi connectivity index (χ3v) is 7.82. The van der Waals surface area contributed by atoms with Gasteiger partial charge >= 0.3 is 0 Å². The third-order valence-electron chi connectivity index (χ3n) is 7.82. The minimum absolute atomic E-state index is 0.0883. The van der Waals surface area contributed by atoms with Crippen LogP contribution in [0.3, 0.4) is 0 Å². The van der Waals surface area contributed by atoms with Gasteiger partial charge in [0.15, 0.2) is 0 Å². The Balaban J connectivity index is 1.85. The van der Waals surface area contributed by atoms with Gasteiger partial charge in [-0.15, -0.1) is 0 Å². The fraction of sp³-hybridized carbons (Fsp3) is 0.739. The molecule has 3 rings (SSSR count). The topological polar surface area (TPSA) is 18.5 Å². The van der Waals surface area contributed by atoms with Gasteiger partial charge in [-0.1, -0.05) is 45.1 Å². The SMILES string of the molecule is C=C1/C(=C/C=C2/CCCC3(C)C2CCC3(C)C)CC(OC)CC1OC. The Kier molecular flexibility index (Phi) is 5.33. The van der Waals surface area contributed by atoms with Crippen molar-refractivity contribution in [2.24, 2.45) is 16.7 Å². The van der Waals surface area contributed by atoms with E-state index >= 15 is 0 Å². The molecule has 140 valence electrons. The number of fused-ring (bicyclic) bond motifs is 1. The Hall–Kier alpha value is -0.860. The second-order valence-electron chi connectivity index (χ2n) is 9.23. The number of hydrogen-bond donors (Lipinski definition) is 0. The van der Waals surface area contributed by atoms with Crippen LogP contribution in [0.2, 0.25) is 0 Å². The Morgan fingerprint density at radius 2 is 1.84 bits per heavy atom. The van der Waals surface area contributed by atoms with E-state index in [0.29, 0.717) is 10.8 Å². The van der Waals surface area contributed by atoms with Gasteiger partial charge < -0.3 is 9.47 Å². The molecule has 0 saturated heterocycles. The van der Waals surface area contributed by atoms with Gasteiger partial charge in [-0.05, 0) is 66.4 Å². The van der Waals surface area contributed by atoms with Crippen LogP contribution in [0.1, 0.15) is 65.7 Å². The molecular formula is C23H36O2. The highest BCUT2D eigenvalue weighted by Crippen LogP contribution is 2.63. The van der Waals surface area contributed by atoms with Gasteiger partial charge in [0.1, 0.15) is 0 Å². The highest BCUT2D eigenvalue weighted by Gasteiger charge is 2.53. The first-order valence-electron chi connectivity index (χ1n) is 9.97. The molecule has 0 aromatic heterocycles. The zero-order valence-corrected chi connectivity index (χ0v) is 16.9. The molecule has 0 amide bonds. The number of ether oxygens (including phenoxy) is 2. The van der Waals surface area contributed by atoms with Crippen molar-refractivity contribution >= 4 is 0 Å². The molecule has 0 heterocycles. The van der Waals surface area contributed by atoms with E-state index in [2.05, 4.69) is 39.5 Å². The van der Waals surface area contributed by atoms with Crippen molar-refractivity contribution < 1.29 is 9.47 Å². The van der Waals surface area contributed by atoms with Crippen molar-refractivity contribution in [3.8, 4) is 0 Å². The van der Waals surface area contributed by atoms with E-state index in [1.165, 1.54) is 37.7 Å². The van der Waals surface area contributed by atoms with E-state index in [0.717, 1.165) is 24.3 Å². The lowest BCUT2D eigenvalue weighted by Gasteiger charge is -2.46. The lowest BCUT2D eigenvalue weighted by atomic mass is 9.58. The van der Waals surface area contributed by atoms with Gasteiger partial charge in [0, 0.05) is 20.6 Å². The van der Waals surface area contributed by atoms with Gasteiger partial charge in [-0.2, -0.15) is 0 Å². The maximum Gasteiger partial charge on any atom is 0.0842 e. The third kappa shape index (κ3) is 3.28. The summed E-state index contributed by atoms with van der Waals surface area (Å²) in [5.74, 6) is 0.751. The zero-order valence-electron chi connectivity index (χ0n) is 16.9. The Labute approximate surface area is 154 Å². The summed E-state index contributed by atoms with van der Waals surface area (Å²) >= 11 is 0. The average Bonchev–Trinajstić information content (AvgIpc) is 2.84. The smallest absolute Gasteiger partial charge is 0.0842 e. The minimum atomic E-state index is 0.0883. The molecule has 0 bridgehead atoms. The molecule has 0 aromatic carbocycles. The summed E-state index contributed by atoms with van der Waals surface area (Å²) in [4.78, 5) is 0. The summed E-state index contributed by atoms with van der Waals surface area (Å²) in [5, 5.41) is 0. The first kappa shape index (κ1) is 18.9. The molecule has 3 saturated carbocycles. The Morgan fingerprint density at radius 3 is 2.52 bits per heavy atom. The highest BCUT2D eigenvalue weighted by atomic mass is 16.5. The number of hydrogen-bond acceptors (Lipinski definition) is 2. The lowest BCUT2D eigenvalue weighted by Crippen LogP contribution is -2.38. The number of methoxy groups -OCH3 is 2. The van der Waals surface area contributed by atoms with Gasteiger partial charge in [-0.25, -0.2) is 0 Å². The predicted molar refractivity (Wildman–Crippen MR) is 105 cm³/mol. The lowest BCUT2D eigenvalue weighted by molar-refractivity contribution is 0.0277. The van der Waals surface area contributed by atoms with Crippen molar-refractivity contribution in [3.63, 3.8) is 0 Å². The largest absolute Gasteiger partial charge is 0.381 e. The first-order valence-corrected chi connectivity index (χ1v) is 9.97. The summed E-state index contributed by atoms with van der Waals surface area (Å²) in [5.41, 5.74) is 5.03. The average molecular weight is 345 g/mol. The van der Waals surface area contributed by atoms with Crippen LogP contribution in [-0.4, -0.2) is 26.4 Å². The van der Waals surface area contributed by atoms with Gasteiger partial charge in [0.2, 0.25) is 0 Å². The fourth-order valence-electron chi connectivity index (χ4n) is 5.57. The molecule has 0 spiro atoms. The Bertz CT molecular complexity index is 583. The Morgan fingerprint density at radius 1 is 1.08 bits per heavy atom. The van der Waals surface area contributed by atoms with Crippen LogP contribution in [0.25, 0.3) is 0 Å². The standard InChI is InChI=1S/C23H36O2/c1-16-18(14-19(24-5)15-21(16)25-6)10-9-17-8-7-12-23(4)20(17)11-13-22(23,2)3/h9-10,19-21H,1,7-8,11-15H2,2-6H3/b17-9-,18-10+. The summed E-state index contributed by atoms with van der Waals surface area (Å²) in [7, 11) is 3.58. The normalized spacial score (nSPS) is 41.3. The first-order chi connectivity index (χ1) is 11.8. The van der Waals surface area contributed by atoms with Crippen LogP contribution >= 0.6 is 0 Å². The predicted octanol–water partition coefficient (Wildman–Crippen LogP) is 5.85. The summed E-state index contributed by atoms with van der Waals surface area (Å²) in [6.45, 7) is 11.8. The van der Waals surface area contributed by atoms with Gasteiger partial charge in [0.05, 0.1) is 12.2 Å². The summed E-state index contributed by atoms with van der Waals surface area (Å²) in [6, 6.07) is 0. The molecule has 4 atom stereocenters. The maximum absolute atomic E-state index is 5.63. The quantitative estimate of drug-likeness (QED) is 0.640. The van der Waals surface area contributed by atoms with Crippen molar-refractivity contribution in [3.05, 3.63) is 35.5 Å². The van der Waals surface area contributed by atoms with Crippen molar-refractivity contribution in [2.45, 2.75) is 77.9 Å². The molecule has 2 heteroatoms. The van der Waals surface area contributed by atoms with Crippen LogP contribution < -0.4 is 0 Å². The van der Waals surface area contributed by atoms with Crippen molar-refractivity contribution in [2.75, 3.05) is 14.2 Å². The van der Waals surface area contributed by atoms with Gasteiger partial charge in [0.25, 0.3) is 0 Å². The van der Waals surface area contributed by atoms with Crippen LogP contribution in [0.5, 0.6) is 0 Å². The van der Waals surface area contributed by atoms with E-state index in [1.54, 1.807) is 19.8 Å². The van der Waals surface area contributed by atoms with Crippen molar-refractivity contribution in [1.29, 1.82) is 0 Å². The number of allylic oxidation sites excluding steroid dienone is 3. The minimum Gasteiger partial charge on any atom is -0.381 e. The highest BCUT2D eigenvalue weighted by molar-refractivity contribution is 5.39. The van der Waals surface area contributed by atoms with Crippen molar-refractivity contribution in [1.82, 2.24) is 0 Å². The molecule has 0 N–H and O–H groups in total. The molecule has 4 unspecified atom stereocenters. The van der Waals surface area contributed by atoms with E-state index < -0.39 is 0 Å². The fourth-order valence-corrected chi connectivity index (χ4v) is 5.57. The summed E-state index contributed by atoms with van der Waals surface area (Å²) in [6.07, 6.45) is 13.6. The van der Waals surface area contributed by atoms with E-state index in [1.807, 2.05) is 0 Å². The van der Waals surface area contributed by atoms with Gasteiger partial charge in [-0.3, -0.25) is 0 Å². The summed E-state index contributed by atoms with van der Waals surface area (Å²) < 4.78 is 11.3. The molecule has 2 nitrogen and oxygen atoms in total. The molecule has 0 aromatic rings. The maximum atomic E-state index is 5.63. The molecule has 3 fully saturated rings. The van der Waals surface area contributed by atoms with Crippen LogP contribution in [0.15, 0.2) is 35.5 Å². The molecule has 25 heavy (non-hydrogen) atoms. The molecule has 3 aliphatic carbocycles. The molecule has 3 aliphatic rings. The number of rotatable bonds is 3. The molecule has 0 radical (unpaired) electrons. The zero-order chi connectivity index (χ0) is 18.2. The van der Waals surface area contributed by atoms with E-state index in [9.17, 15) is 0 Å². The molecular weight excluding hydrogens is 308 g/mol. The monoisotopic (exact) mass is 344 g/mol. The van der Waals surface area contributed by atoms with E-state index in [4.69, 9.17) is 9.47 Å².